The predicted octanol–water partition coefficient (Wildman–Crippen LogP) is 3.93. The van der Waals surface area contributed by atoms with Crippen LogP contribution in [-0.2, 0) is 18.4 Å². The second kappa shape index (κ2) is 7.97. The quantitative estimate of drug-likeness (QED) is 0.613. The van der Waals surface area contributed by atoms with Gasteiger partial charge in [-0.15, -0.1) is 0 Å². The van der Waals surface area contributed by atoms with Gasteiger partial charge in [0.05, 0.1) is 22.6 Å². The van der Waals surface area contributed by atoms with E-state index in [1.807, 2.05) is 24.3 Å². The van der Waals surface area contributed by atoms with Crippen molar-refractivity contribution in [1.29, 1.82) is 0 Å². The van der Waals surface area contributed by atoms with Crippen molar-refractivity contribution in [1.82, 2.24) is 14.8 Å². The van der Waals surface area contributed by atoms with E-state index in [0.29, 0.717) is 16.9 Å². The minimum Gasteiger partial charge on any atom is -0.397 e. The lowest BCUT2D eigenvalue weighted by Crippen LogP contribution is -2.43. The summed E-state index contributed by atoms with van der Waals surface area (Å²) in [6.07, 6.45) is 6.25. The molecule has 166 valence electrons. The molecular weight excluding hydrogens is 400 g/mol. The van der Waals surface area contributed by atoms with Crippen molar-refractivity contribution in [2.75, 3.05) is 29.0 Å². The molecule has 3 heterocycles. The molecule has 0 saturated carbocycles. The van der Waals surface area contributed by atoms with Crippen LogP contribution in [0.1, 0.15) is 53.5 Å². The number of hydrogen-bond donors (Lipinski definition) is 2. The molecule has 1 amide bonds. The number of nitrogens with two attached hydrogens (primary N) is 1. The number of piperidine rings is 1. The van der Waals surface area contributed by atoms with Crippen molar-refractivity contribution in [3.05, 3.63) is 65.1 Å². The summed E-state index contributed by atoms with van der Waals surface area (Å²) in [4.78, 5) is 19.5. The Bertz CT molecular complexity index is 1140. The number of amides is 1. The summed E-state index contributed by atoms with van der Waals surface area (Å²) in [6.45, 7) is 7.19. The molecule has 1 aliphatic carbocycles. The number of fused-ring (bicyclic) bond motifs is 2. The number of nitrogens with one attached hydrogen (secondary N) is 1. The van der Waals surface area contributed by atoms with Crippen molar-refractivity contribution in [2.24, 2.45) is 0 Å². The van der Waals surface area contributed by atoms with Gasteiger partial charge in [0, 0.05) is 36.9 Å². The van der Waals surface area contributed by atoms with Crippen molar-refractivity contribution < 1.29 is 4.79 Å². The number of para-hydroxylation sites is 2. The summed E-state index contributed by atoms with van der Waals surface area (Å²) in [5.74, 6) is 0.718. The maximum atomic E-state index is 12.6. The number of carbonyl (C=O) groups is 1. The molecule has 0 atom stereocenters. The van der Waals surface area contributed by atoms with Gasteiger partial charge in [0.2, 0.25) is 0 Å². The molecule has 0 bridgehead atoms. The Balaban J connectivity index is 1.27. The van der Waals surface area contributed by atoms with Crippen LogP contribution in [0, 0.1) is 6.92 Å². The first-order chi connectivity index (χ1) is 15.5. The van der Waals surface area contributed by atoms with E-state index in [0.717, 1.165) is 44.7 Å². The third kappa shape index (κ3) is 3.42. The van der Waals surface area contributed by atoms with E-state index in [1.54, 1.807) is 18.3 Å². The molecule has 0 radical (unpaired) electrons. The molecule has 5 rings (SSSR count). The molecule has 2 aromatic heterocycles. The van der Waals surface area contributed by atoms with Gasteiger partial charge in [-0.3, -0.25) is 9.48 Å². The van der Waals surface area contributed by atoms with Gasteiger partial charge in [-0.25, -0.2) is 4.98 Å². The number of nitrogens with zero attached hydrogens (tertiary/aromatic N) is 4. The average Bonchev–Trinajstić information content (AvgIpc) is 3.34. The summed E-state index contributed by atoms with van der Waals surface area (Å²) in [7, 11) is 0. The molecule has 3 aromatic rings. The Morgan fingerprint density at radius 3 is 2.62 bits per heavy atom. The Morgan fingerprint density at radius 1 is 1.16 bits per heavy atom. The number of aromatic nitrogens is 3. The van der Waals surface area contributed by atoms with Crippen LogP contribution in [0.2, 0.25) is 0 Å². The third-order valence-corrected chi connectivity index (χ3v) is 7.17. The Labute approximate surface area is 188 Å². The fourth-order valence-corrected chi connectivity index (χ4v) is 5.39. The van der Waals surface area contributed by atoms with E-state index in [9.17, 15) is 4.79 Å². The third-order valence-electron chi connectivity index (χ3n) is 7.17. The number of carbonyl (C=O) groups excluding carboxylic acids is 1. The minimum atomic E-state index is -0.207. The Hall–Kier alpha value is -3.35. The van der Waals surface area contributed by atoms with Crippen molar-refractivity contribution in [3.8, 4) is 0 Å². The zero-order chi connectivity index (χ0) is 22.3. The van der Waals surface area contributed by atoms with Gasteiger partial charge in [0.15, 0.2) is 0 Å². The normalized spacial score (nSPS) is 16.9. The molecule has 1 aromatic carbocycles. The summed E-state index contributed by atoms with van der Waals surface area (Å²) in [6, 6.07) is 11.0. The molecule has 7 heteroatoms. The average molecular weight is 431 g/mol. The number of anilines is 3. The van der Waals surface area contributed by atoms with Crippen LogP contribution in [0.5, 0.6) is 0 Å². The van der Waals surface area contributed by atoms with Crippen molar-refractivity contribution in [3.63, 3.8) is 0 Å². The largest absolute Gasteiger partial charge is 0.397 e. The molecule has 2 aliphatic rings. The SMILES string of the molecule is CCn1nc(C)c2c1C1(CC2)CCN(c2ccc(C(=O)Nc3ccccc3N)cn2)CC1. The minimum absolute atomic E-state index is 0.207. The van der Waals surface area contributed by atoms with Gasteiger partial charge < -0.3 is 16.0 Å². The smallest absolute Gasteiger partial charge is 0.257 e. The molecule has 1 saturated heterocycles. The van der Waals surface area contributed by atoms with E-state index in [2.05, 4.69) is 33.7 Å². The van der Waals surface area contributed by atoms with Gasteiger partial charge in [0.25, 0.3) is 5.91 Å². The van der Waals surface area contributed by atoms with Gasteiger partial charge in [-0.05, 0) is 69.4 Å². The van der Waals surface area contributed by atoms with Crippen LogP contribution in [-0.4, -0.2) is 33.8 Å². The second-order valence-electron chi connectivity index (χ2n) is 8.94. The van der Waals surface area contributed by atoms with Crippen LogP contribution >= 0.6 is 0 Å². The summed E-state index contributed by atoms with van der Waals surface area (Å²) in [5, 5.41) is 7.64. The molecule has 0 unspecified atom stereocenters. The maximum absolute atomic E-state index is 12.6. The highest BCUT2D eigenvalue weighted by Gasteiger charge is 2.45. The highest BCUT2D eigenvalue weighted by molar-refractivity contribution is 6.05. The number of aryl methyl sites for hydroxylation is 2. The van der Waals surface area contributed by atoms with E-state index >= 15 is 0 Å². The molecule has 7 nitrogen and oxygen atoms in total. The maximum Gasteiger partial charge on any atom is 0.257 e. The number of nitrogen functional groups attached to an aromatic ring is 1. The molecule has 32 heavy (non-hydrogen) atoms. The van der Waals surface area contributed by atoms with Crippen LogP contribution in [0.15, 0.2) is 42.6 Å². The second-order valence-corrected chi connectivity index (χ2v) is 8.94. The summed E-state index contributed by atoms with van der Waals surface area (Å²) in [5.41, 5.74) is 12.0. The predicted molar refractivity (Wildman–Crippen MR) is 127 cm³/mol. The first kappa shape index (κ1) is 20.5. The molecule has 3 N–H and O–H groups in total. The lowest BCUT2D eigenvalue weighted by Gasteiger charge is -2.40. The monoisotopic (exact) mass is 430 g/mol. The lowest BCUT2D eigenvalue weighted by atomic mass is 9.76. The number of hydrogen-bond acceptors (Lipinski definition) is 5. The van der Waals surface area contributed by atoms with Gasteiger partial charge >= 0.3 is 0 Å². The molecule has 1 spiro atoms. The van der Waals surface area contributed by atoms with Gasteiger partial charge in [-0.1, -0.05) is 12.1 Å². The lowest BCUT2D eigenvalue weighted by molar-refractivity contribution is 0.102. The van der Waals surface area contributed by atoms with E-state index in [1.165, 1.54) is 23.4 Å². The zero-order valence-corrected chi connectivity index (χ0v) is 18.8. The highest BCUT2D eigenvalue weighted by atomic mass is 16.1. The van der Waals surface area contributed by atoms with Crippen LogP contribution in [0.4, 0.5) is 17.2 Å². The van der Waals surface area contributed by atoms with Gasteiger partial charge in [0.1, 0.15) is 5.82 Å². The number of benzene rings is 1. The van der Waals surface area contributed by atoms with Crippen molar-refractivity contribution >= 4 is 23.1 Å². The molecule has 1 fully saturated rings. The number of rotatable bonds is 4. The highest BCUT2D eigenvalue weighted by Crippen LogP contribution is 2.47. The standard InChI is InChI=1S/C25H30N6O/c1-3-31-23-19(17(2)29-31)10-11-25(23)12-14-30(15-13-25)22-9-8-18(16-27-22)24(32)28-21-7-5-4-6-20(21)26/h4-9,16H,3,10-15,26H2,1-2H3,(H,28,32). The van der Waals surface area contributed by atoms with E-state index in [-0.39, 0.29) is 11.3 Å². The zero-order valence-electron chi connectivity index (χ0n) is 18.8. The van der Waals surface area contributed by atoms with Gasteiger partial charge in [-0.2, -0.15) is 5.10 Å². The first-order valence-electron chi connectivity index (χ1n) is 11.4. The Morgan fingerprint density at radius 2 is 1.94 bits per heavy atom. The summed E-state index contributed by atoms with van der Waals surface area (Å²) >= 11 is 0. The fourth-order valence-electron chi connectivity index (χ4n) is 5.39. The van der Waals surface area contributed by atoms with Crippen LogP contribution in [0.3, 0.4) is 0 Å². The van der Waals surface area contributed by atoms with Crippen LogP contribution < -0.4 is 16.0 Å². The van der Waals surface area contributed by atoms with E-state index < -0.39 is 0 Å². The fraction of sp³-hybridized carbons (Fsp3) is 0.400. The summed E-state index contributed by atoms with van der Waals surface area (Å²) < 4.78 is 2.23. The van der Waals surface area contributed by atoms with E-state index in [4.69, 9.17) is 10.8 Å². The van der Waals surface area contributed by atoms with Crippen LogP contribution in [0.25, 0.3) is 0 Å². The molecular formula is C25H30N6O. The first-order valence-corrected chi connectivity index (χ1v) is 11.4. The Kier molecular flexibility index (Phi) is 5.12. The van der Waals surface area contributed by atoms with Crippen molar-refractivity contribution in [2.45, 2.75) is 51.5 Å². The topological polar surface area (TPSA) is 89.1 Å². The number of pyridine rings is 1. The molecule has 1 aliphatic heterocycles.